The fraction of sp³-hybridized carbons (Fsp3) is 0.0870. The lowest BCUT2D eigenvalue weighted by molar-refractivity contribution is 0.0987. The minimum Gasteiger partial charge on any atom is -0.508 e. The van der Waals surface area contributed by atoms with Crippen LogP contribution in [-0.4, -0.2) is 17.2 Å². The number of phenols is 1. The second-order valence-electron chi connectivity index (χ2n) is 6.51. The molecule has 2 aliphatic rings. The van der Waals surface area contributed by atoms with Crippen molar-refractivity contribution in [2.45, 2.75) is 13.3 Å². The molecule has 2 aromatic rings. The van der Waals surface area contributed by atoms with Gasteiger partial charge in [-0.1, -0.05) is 19.1 Å². The Morgan fingerprint density at radius 2 is 1.86 bits per heavy atom. The van der Waals surface area contributed by atoms with Crippen LogP contribution in [0.4, 0.5) is 0 Å². The maximum atomic E-state index is 12.2. The second-order valence-corrected chi connectivity index (χ2v) is 6.51. The van der Waals surface area contributed by atoms with Crippen molar-refractivity contribution in [2.75, 3.05) is 0 Å². The van der Waals surface area contributed by atoms with Crippen molar-refractivity contribution in [3.05, 3.63) is 75.9 Å². The lowest BCUT2D eigenvalue weighted by Gasteiger charge is -2.17. The van der Waals surface area contributed by atoms with Gasteiger partial charge in [-0.3, -0.25) is 14.4 Å². The van der Waals surface area contributed by atoms with Gasteiger partial charge in [0.15, 0.2) is 17.5 Å². The minimum absolute atomic E-state index is 0.0188. The molecule has 0 amide bonds. The fourth-order valence-electron chi connectivity index (χ4n) is 3.40. The molecular weight excluding hydrogens is 356 g/mol. The van der Waals surface area contributed by atoms with Gasteiger partial charge in [0.1, 0.15) is 17.1 Å². The Hall–Kier alpha value is -3.73. The molecule has 0 unspecified atom stereocenters. The lowest BCUT2D eigenvalue weighted by atomic mass is 9.89. The summed E-state index contributed by atoms with van der Waals surface area (Å²) < 4.78 is 5.83. The summed E-state index contributed by atoms with van der Waals surface area (Å²) >= 11 is 0. The van der Waals surface area contributed by atoms with Crippen molar-refractivity contribution in [3.63, 3.8) is 0 Å². The molecule has 0 spiro atoms. The van der Waals surface area contributed by atoms with Crippen LogP contribution in [0.25, 0.3) is 33.4 Å². The molecule has 2 aromatic carbocycles. The fourth-order valence-corrected chi connectivity index (χ4v) is 3.40. The molecule has 0 radical (unpaired) electrons. The molecule has 0 bridgehead atoms. The minimum atomic E-state index is -0.216. The third kappa shape index (κ3) is 2.87. The van der Waals surface area contributed by atoms with Crippen molar-refractivity contribution in [3.8, 4) is 28.2 Å². The first-order valence-electron chi connectivity index (χ1n) is 8.84. The highest BCUT2D eigenvalue weighted by atomic mass is 16.3. The number of hydrogen-bond donors (Lipinski definition) is 1. The maximum absolute atomic E-state index is 12.2. The van der Waals surface area contributed by atoms with E-state index in [1.54, 1.807) is 37.3 Å². The van der Waals surface area contributed by atoms with E-state index in [0.717, 1.165) is 6.29 Å². The maximum Gasteiger partial charge on any atom is 0.182 e. The topological polar surface area (TPSA) is 84.6 Å². The standard InChI is InChI=1S/C23H16O5/c1-2-20(27)13-3-4-14(12-24)19(9-13)23-17-7-5-15(25)10-21(17)28-22-11-16(26)6-8-18(22)23/h3-12,25H,2H2,1H3. The van der Waals surface area contributed by atoms with Crippen LogP contribution in [-0.2, 0) is 0 Å². The number of aromatic hydroxyl groups is 1. The number of Topliss-reactive ketones (excluding diaryl/α,β-unsaturated/α-hetero) is 1. The second kappa shape index (κ2) is 6.78. The monoisotopic (exact) mass is 372 g/mol. The summed E-state index contributed by atoms with van der Waals surface area (Å²) in [5.41, 5.74) is 2.96. The zero-order valence-corrected chi connectivity index (χ0v) is 15.1. The smallest absolute Gasteiger partial charge is 0.182 e. The molecule has 0 saturated heterocycles. The molecule has 1 heterocycles. The number of rotatable bonds is 4. The van der Waals surface area contributed by atoms with Crippen LogP contribution in [0.5, 0.6) is 5.75 Å². The van der Waals surface area contributed by atoms with Crippen LogP contribution < -0.4 is 5.43 Å². The Balaban J connectivity index is 2.17. The number of ketones is 1. The van der Waals surface area contributed by atoms with Gasteiger partial charge in [-0.05, 0) is 35.9 Å². The van der Waals surface area contributed by atoms with Gasteiger partial charge in [0, 0.05) is 46.2 Å². The highest BCUT2D eigenvalue weighted by molar-refractivity contribution is 6.07. The van der Waals surface area contributed by atoms with E-state index in [9.17, 15) is 19.5 Å². The van der Waals surface area contributed by atoms with Crippen LogP contribution >= 0.6 is 0 Å². The zero-order chi connectivity index (χ0) is 19.8. The third-order valence-corrected chi connectivity index (χ3v) is 4.77. The van der Waals surface area contributed by atoms with Gasteiger partial charge in [-0.15, -0.1) is 0 Å². The van der Waals surface area contributed by atoms with Crippen LogP contribution in [0.3, 0.4) is 0 Å². The number of phenolic OH excluding ortho intramolecular Hbond substituents is 1. The van der Waals surface area contributed by atoms with E-state index >= 15 is 0 Å². The van der Waals surface area contributed by atoms with Gasteiger partial charge in [0.05, 0.1) is 0 Å². The van der Waals surface area contributed by atoms with E-state index in [2.05, 4.69) is 0 Å². The highest BCUT2D eigenvalue weighted by Gasteiger charge is 2.20. The first kappa shape index (κ1) is 17.7. The van der Waals surface area contributed by atoms with E-state index in [1.165, 1.54) is 24.3 Å². The number of fused-ring (bicyclic) bond motifs is 2. The predicted molar refractivity (Wildman–Crippen MR) is 106 cm³/mol. The normalized spacial score (nSPS) is 11.0. The van der Waals surface area contributed by atoms with Crippen molar-refractivity contribution in [1.29, 1.82) is 0 Å². The molecule has 0 saturated carbocycles. The van der Waals surface area contributed by atoms with Gasteiger partial charge < -0.3 is 9.52 Å². The molecule has 0 aromatic heterocycles. The van der Waals surface area contributed by atoms with Crippen LogP contribution in [0.1, 0.15) is 34.1 Å². The molecule has 1 aliphatic heterocycles. The Morgan fingerprint density at radius 3 is 2.61 bits per heavy atom. The number of aldehydes is 1. The summed E-state index contributed by atoms with van der Waals surface area (Å²) in [5, 5.41) is 10.5. The van der Waals surface area contributed by atoms with Crippen molar-refractivity contribution in [2.24, 2.45) is 0 Å². The average molecular weight is 372 g/mol. The van der Waals surface area contributed by atoms with Gasteiger partial charge in [-0.2, -0.15) is 0 Å². The number of carbonyl (C=O) groups excluding carboxylic acids is 2. The van der Waals surface area contributed by atoms with E-state index in [-0.39, 0.29) is 17.0 Å². The number of carbonyl (C=O) groups is 2. The molecule has 28 heavy (non-hydrogen) atoms. The van der Waals surface area contributed by atoms with Crippen molar-refractivity contribution < 1.29 is 19.1 Å². The van der Waals surface area contributed by atoms with E-state index in [0.29, 0.717) is 51.0 Å². The van der Waals surface area contributed by atoms with Gasteiger partial charge in [0.25, 0.3) is 0 Å². The molecule has 0 atom stereocenters. The van der Waals surface area contributed by atoms with Crippen LogP contribution in [0.15, 0.2) is 63.8 Å². The largest absolute Gasteiger partial charge is 0.508 e. The van der Waals surface area contributed by atoms with Crippen molar-refractivity contribution >= 4 is 23.0 Å². The Morgan fingerprint density at radius 1 is 1.04 bits per heavy atom. The molecular formula is C23H16O5. The van der Waals surface area contributed by atoms with E-state index in [4.69, 9.17) is 4.42 Å². The quantitative estimate of drug-likeness (QED) is 0.319. The SMILES string of the molecule is CCC(=O)c1ccc(C=O)c(-c2c3ccc(=O)cc-3oc3cc(O)ccc23)c1. The summed E-state index contributed by atoms with van der Waals surface area (Å²) in [5.74, 6) is 0.322. The molecule has 1 aliphatic carbocycles. The summed E-state index contributed by atoms with van der Waals surface area (Å²) in [6.07, 6.45) is 1.08. The van der Waals surface area contributed by atoms with Gasteiger partial charge in [-0.25, -0.2) is 0 Å². The Labute approximate surface area is 160 Å². The van der Waals surface area contributed by atoms with Gasteiger partial charge >= 0.3 is 0 Å². The summed E-state index contributed by atoms with van der Waals surface area (Å²) in [6.45, 7) is 1.78. The van der Waals surface area contributed by atoms with Crippen LogP contribution in [0.2, 0.25) is 0 Å². The highest BCUT2D eigenvalue weighted by Crippen LogP contribution is 2.41. The molecule has 5 heteroatoms. The first-order valence-corrected chi connectivity index (χ1v) is 8.84. The first-order chi connectivity index (χ1) is 13.5. The Bertz CT molecular complexity index is 1270. The van der Waals surface area contributed by atoms with Crippen LogP contribution in [0, 0.1) is 0 Å². The lowest BCUT2D eigenvalue weighted by Crippen LogP contribution is -2.02. The molecule has 4 rings (SSSR count). The van der Waals surface area contributed by atoms with E-state index in [1.807, 2.05) is 0 Å². The Kier molecular flexibility index (Phi) is 4.28. The van der Waals surface area contributed by atoms with E-state index < -0.39 is 0 Å². The molecule has 138 valence electrons. The number of hydrogen-bond acceptors (Lipinski definition) is 5. The molecule has 1 N–H and O–H groups in total. The number of benzene rings is 3. The average Bonchev–Trinajstić information content (AvgIpc) is 2.70. The van der Waals surface area contributed by atoms with Gasteiger partial charge in [0.2, 0.25) is 0 Å². The predicted octanol–water partition coefficient (Wildman–Crippen LogP) is 4.68. The zero-order valence-electron chi connectivity index (χ0n) is 15.1. The third-order valence-electron chi connectivity index (χ3n) is 4.77. The molecule has 0 fully saturated rings. The summed E-state index contributed by atoms with van der Waals surface area (Å²) in [6, 6.07) is 14.1. The van der Waals surface area contributed by atoms with Crippen molar-refractivity contribution in [1.82, 2.24) is 0 Å². The summed E-state index contributed by atoms with van der Waals surface area (Å²) in [4.78, 5) is 35.8. The molecule has 5 nitrogen and oxygen atoms in total. The summed E-state index contributed by atoms with van der Waals surface area (Å²) in [7, 11) is 0.